The fourth-order valence-corrected chi connectivity index (χ4v) is 6.89. The van der Waals surface area contributed by atoms with Gasteiger partial charge in [-0.15, -0.1) is 0 Å². The third-order valence-electron chi connectivity index (χ3n) is 7.78. The first-order chi connectivity index (χ1) is 21.9. The van der Waals surface area contributed by atoms with E-state index in [1.807, 2.05) is 104 Å². The minimum atomic E-state index is -1.18. The lowest BCUT2D eigenvalue weighted by molar-refractivity contribution is -0.145. The quantitative estimate of drug-likeness (QED) is 0.133. The molecule has 1 saturated heterocycles. The van der Waals surface area contributed by atoms with E-state index >= 15 is 0 Å². The van der Waals surface area contributed by atoms with E-state index in [4.69, 9.17) is 22.1 Å². The summed E-state index contributed by atoms with van der Waals surface area (Å²) in [7, 11) is 0. The second-order valence-corrected chi connectivity index (χ2v) is 12.3. The molecule has 222 valence electrons. The highest BCUT2D eigenvalue weighted by atomic mass is 32.2. The van der Waals surface area contributed by atoms with E-state index in [1.54, 1.807) is 17.0 Å². The number of aromatic amines is 1. The van der Waals surface area contributed by atoms with Gasteiger partial charge in [-0.2, -0.15) is 9.78 Å². The van der Waals surface area contributed by atoms with Crippen molar-refractivity contribution in [2.45, 2.75) is 19.4 Å². The van der Waals surface area contributed by atoms with Gasteiger partial charge in [0.2, 0.25) is 5.88 Å². The van der Waals surface area contributed by atoms with Crippen LogP contribution in [0, 0.1) is 6.92 Å². The molecule has 3 heterocycles. The normalized spacial score (nSPS) is 15.0. The molecule has 0 radical (unpaired) electrons. The van der Waals surface area contributed by atoms with Gasteiger partial charge in [0, 0.05) is 23.5 Å². The molecule has 4 aromatic carbocycles. The number of rotatable bonds is 8. The molecule has 0 aliphatic carbocycles. The van der Waals surface area contributed by atoms with Crippen LogP contribution in [0.3, 0.4) is 0 Å². The van der Waals surface area contributed by atoms with Gasteiger partial charge in [-0.3, -0.25) is 9.69 Å². The maximum Gasteiger partial charge on any atom is 0.327 e. The molecule has 0 saturated carbocycles. The van der Waals surface area contributed by atoms with Gasteiger partial charge in [-0.05, 0) is 59.7 Å². The van der Waals surface area contributed by atoms with Crippen LogP contribution < -0.4 is 4.74 Å². The number of carbonyl (C=O) groups excluding carboxylic acids is 1. The molecule has 45 heavy (non-hydrogen) atoms. The van der Waals surface area contributed by atoms with Crippen LogP contribution in [0.15, 0.2) is 108 Å². The highest BCUT2D eigenvalue weighted by Gasteiger charge is 2.41. The Labute approximate surface area is 267 Å². The second-order valence-electron chi connectivity index (χ2n) is 10.6. The van der Waals surface area contributed by atoms with E-state index in [0.29, 0.717) is 27.8 Å². The van der Waals surface area contributed by atoms with E-state index in [0.717, 1.165) is 44.7 Å². The summed E-state index contributed by atoms with van der Waals surface area (Å²) in [6.45, 7) is 1.84. The number of ether oxygens (including phenoxy) is 1. The largest absolute Gasteiger partial charge is 0.480 e. The number of fused-ring (bicyclic) bond motifs is 2. The summed E-state index contributed by atoms with van der Waals surface area (Å²) >= 11 is 6.67. The van der Waals surface area contributed by atoms with Gasteiger partial charge in [0.25, 0.3) is 5.91 Å². The number of hydrogen-bond donors (Lipinski definition) is 2. The molecule has 0 unspecified atom stereocenters. The zero-order chi connectivity index (χ0) is 31.1. The average Bonchev–Trinajstić information content (AvgIpc) is 3.69. The molecule has 1 atom stereocenters. The Kier molecular flexibility index (Phi) is 7.44. The van der Waals surface area contributed by atoms with Crippen molar-refractivity contribution in [3.63, 3.8) is 0 Å². The van der Waals surface area contributed by atoms with Crippen LogP contribution in [0.4, 0.5) is 0 Å². The number of benzene rings is 4. The first-order valence-corrected chi connectivity index (χ1v) is 15.5. The minimum Gasteiger partial charge on any atom is -0.480 e. The number of nitrogens with zero attached hydrogens (tertiary/aromatic N) is 3. The lowest BCUT2D eigenvalue weighted by atomic mass is 10.0. The van der Waals surface area contributed by atoms with Gasteiger partial charge >= 0.3 is 5.97 Å². The molecular weight excluding hydrogens is 605 g/mol. The third kappa shape index (κ3) is 5.39. The van der Waals surface area contributed by atoms with Crippen LogP contribution in [-0.2, 0) is 16.0 Å². The van der Waals surface area contributed by atoms with Crippen LogP contribution in [0.25, 0.3) is 33.4 Å². The van der Waals surface area contributed by atoms with Gasteiger partial charge in [-0.1, -0.05) is 90.7 Å². The number of amides is 1. The number of H-pyrrole nitrogens is 1. The number of aromatic nitrogens is 3. The number of carboxylic acids is 1. The first kappa shape index (κ1) is 28.6. The van der Waals surface area contributed by atoms with Crippen LogP contribution in [-0.4, -0.2) is 47.0 Å². The van der Waals surface area contributed by atoms with Crippen LogP contribution in [0.5, 0.6) is 11.6 Å². The number of nitrogens with one attached hydrogen (secondary N) is 1. The molecule has 1 fully saturated rings. The number of carbonyl (C=O) groups is 2. The summed E-state index contributed by atoms with van der Waals surface area (Å²) in [6.07, 6.45) is 3.58. The first-order valence-electron chi connectivity index (χ1n) is 14.2. The number of aliphatic carboxylic acids is 1. The number of thioether (sulfide) groups is 1. The van der Waals surface area contributed by atoms with Crippen molar-refractivity contribution < 1.29 is 19.4 Å². The molecule has 2 aromatic heterocycles. The summed E-state index contributed by atoms with van der Waals surface area (Å²) in [6, 6.07) is 29.9. The predicted octanol–water partition coefficient (Wildman–Crippen LogP) is 7.50. The number of thiocarbonyl (C=S) groups is 1. The van der Waals surface area contributed by atoms with Crippen molar-refractivity contribution in [2.75, 3.05) is 0 Å². The third-order valence-corrected chi connectivity index (χ3v) is 9.11. The van der Waals surface area contributed by atoms with Crippen molar-refractivity contribution in [1.82, 2.24) is 19.7 Å². The van der Waals surface area contributed by atoms with Crippen LogP contribution in [0.2, 0.25) is 0 Å². The van der Waals surface area contributed by atoms with Crippen molar-refractivity contribution in [3.8, 4) is 17.3 Å². The fraction of sp³-hybridized carbons (Fsp3) is 0.0857. The van der Waals surface area contributed by atoms with E-state index in [2.05, 4.69) is 4.98 Å². The van der Waals surface area contributed by atoms with Crippen molar-refractivity contribution >= 4 is 67.9 Å². The molecule has 7 rings (SSSR count). The van der Waals surface area contributed by atoms with Crippen molar-refractivity contribution in [3.05, 3.63) is 125 Å². The SMILES string of the molecule is Cc1nn(-c2ccccc2)c(Oc2ccc3ccccc3c2)c1/C=C1\SC(=S)N([C@@H](Cc2c[nH]c3ccccc23)C(=O)O)C1=O. The summed E-state index contributed by atoms with van der Waals surface area (Å²) in [5, 5.41) is 18.0. The highest BCUT2D eigenvalue weighted by molar-refractivity contribution is 8.26. The summed E-state index contributed by atoms with van der Waals surface area (Å²) in [5.41, 5.74) is 3.70. The van der Waals surface area contributed by atoms with E-state index in [1.165, 1.54) is 4.90 Å². The molecule has 1 amide bonds. The molecule has 2 N–H and O–H groups in total. The molecule has 0 bridgehead atoms. The minimum absolute atomic E-state index is 0.0976. The summed E-state index contributed by atoms with van der Waals surface area (Å²) in [5.74, 6) is -0.572. The topological polar surface area (TPSA) is 100 Å². The van der Waals surface area contributed by atoms with Gasteiger partial charge in [0.15, 0.2) is 0 Å². The second kappa shape index (κ2) is 11.7. The Morgan fingerprint density at radius 3 is 2.56 bits per heavy atom. The number of aryl methyl sites for hydroxylation is 1. The number of hydrogen-bond acceptors (Lipinski definition) is 6. The standard InChI is InChI=1S/C35H26N4O4S2/c1-21-28(33(39(37-21)25-11-3-2-4-12-25)43-26-16-15-22-9-5-6-10-23(22)17-26)19-31-32(40)38(35(44)45-31)30(34(41)42)18-24-20-36-29-14-8-7-13-27(24)29/h2-17,19-20,30,36H,18H2,1H3,(H,41,42)/b31-19-/t30-/m0/s1. The van der Waals surface area contributed by atoms with Crippen LogP contribution in [0.1, 0.15) is 16.8 Å². The Bertz CT molecular complexity index is 2150. The van der Waals surface area contributed by atoms with E-state index in [9.17, 15) is 14.7 Å². The van der Waals surface area contributed by atoms with Gasteiger partial charge in [-0.25, -0.2) is 4.79 Å². The monoisotopic (exact) mass is 630 g/mol. The zero-order valence-corrected chi connectivity index (χ0v) is 25.6. The van der Waals surface area contributed by atoms with E-state index < -0.39 is 17.9 Å². The highest BCUT2D eigenvalue weighted by Crippen LogP contribution is 2.39. The zero-order valence-electron chi connectivity index (χ0n) is 24.0. The van der Waals surface area contributed by atoms with Crippen molar-refractivity contribution in [1.29, 1.82) is 0 Å². The molecule has 10 heteroatoms. The Morgan fingerprint density at radius 2 is 1.76 bits per heavy atom. The van der Waals surface area contributed by atoms with Gasteiger partial charge in [0.1, 0.15) is 16.1 Å². The number of para-hydroxylation sites is 2. The summed E-state index contributed by atoms with van der Waals surface area (Å²) in [4.78, 5) is 31.1. The lowest BCUT2D eigenvalue weighted by Crippen LogP contribution is -2.45. The fourth-order valence-electron chi connectivity index (χ4n) is 5.55. The lowest BCUT2D eigenvalue weighted by Gasteiger charge is -2.23. The molecule has 0 spiro atoms. The van der Waals surface area contributed by atoms with Crippen molar-refractivity contribution in [2.24, 2.45) is 0 Å². The molecule has 1 aliphatic heterocycles. The Morgan fingerprint density at radius 1 is 1.02 bits per heavy atom. The average molecular weight is 631 g/mol. The van der Waals surface area contributed by atoms with Crippen LogP contribution >= 0.6 is 24.0 Å². The van der Waals surface area contributed by atoms with Gasteiger partial charge < -0.3 is 14.8 Å². The molecule has 6 aromatic rings. The number of carboxylic acid groups (broad SMARTS) is 1. The smallest absolute Gasteiger partial charge is 0.327 e. The molecular formula is C35H26N4O4S2. The molecule has 8 nitrogen and oxygen atoms in total. The summed E-state index contributed by atoms with van der Waals surface area (Å²) < 4.78 is 8.40. The maximum atomic E-state index is 13.9. The predicted molar refractivity (Wildman–Crippen MR) is 181 cm³/mol. The Balaban J connectivity index is 1.26. The molecule has 1 aliphatic rings. The van der Waals surface area contributed by atoms with E-state index in [-0.39, 0.29) is 10.7 Å². The Hall–Kier alpha value is -5.19. The van der Waals surface area contributed by atoms with Gasteiger partial charge in [0.05, 0.1) is 21.8 Å². The maximum absolute atomic E-state index is 13.9.